The van der Waals surface area contributed by atoms with Crippen molar-refractivity contribution >= 4 is 17.5 Å². The Labute approximate surface area is 177 Å². The van der Waals surface area contributed by atoms with E-state index in [0.29, 0.717) is 13.0 Å². The molecule has 0 aliphatic carbocycles. The molecule has 1 aromatic heterocycles. The SMILES string of the molecule is CCCCc1ccc(NC(=O)[C@H](C)NC)c(=O)n1CC(=O)NCCc1ccccc1. The van der Waals surface area contributed by atoms with Crippen LogP contribution in [0, 0.1) is 0 Å². The number of unbranched alkanes of at least 4 members (excludes halogenated alkanes) is 1. The van der Waals surface area contributed by atoms with Crippen LogP contribution >= 0.6 is 0 Å². The van der Waals surface area contributed by atoms with Crippen LogP contribution in [0.3, 0.4) is 0 Å². The highest BCUT2D eigenvalue weighted by molar-refractivity contribution is 5.94. The fourth-order valence-electron chi connectivity index (χ4n) is 3.02. The number of nitrogens with one attached hydrogen (secondary N) is 3. The van der Waals surface area contributed by atoms with E-state index in [-0.39, 0.29) is 29.6 Å². The summed E-state index contributed by atoms with van der Waals surface area (Å²) in [5, 5.41) is 8.38. The minimum atomic E-state index is -0.432. The van der Waals surface area contributed by atoms with Gasteiger partial charge in [-0.1, -0.05) is 43.7 Å². The van der Waals surface area contributed by atoms with Crippen LogP contribution < -0.4 is 21.5 Å². The summed E-state index contributed by atoms with van der Waals surface area (Å²) >= 11 is 0. The largest absolute Gasteiger partial charge is 0.354 e. The number of carbonyl (C=O) groups is 2. The van der Waals surface area contributed by atoms with E-state index in [9.17, 15) is 14.4 Å². The fourth-order valence-corrected chi connectivity index (χ4v) is 3.02. The van der Waals surface area contributed by atoms with Crippen molar-refractivity contribution in [2.24, 2.45) is 0 Å². The molecular formula is C23H32N4O3. The van der Waals surface area contributed by atoms with Gasteiger partial charge in [-0.05, 0) is 50.9 Å². The second kappa shape index (κ2) is 11.9. The maximum absolute atomic E-state index is 13.0. The van der Waals surface area contributed by atoms with Gasteiger partial charge < -0.3 is 20.5 Å². The molecule has 7 nitrogen and oxygen atoms in total. The van der Waals surface area contributed by atoms with Crippen molar-refractivity contribution in [3.05, 3.63) is 64.1 Å². The summed E-state index contributed by atoms with van der Waals surface area (Å²) in [6.07, 6.45) is 3.32. The molecule has 0 aliphatic heterocycles. The Morgan fingerprint density at radius 1 is 1.07 bits per heavy atom. The molecule has 0 bridgehead atoms. The number of anilines is 1. The molecule has 162 valence electrons. The highest BCUT2D eigenvalue weighted by Gasteiger charge is 2.16. The normalized spacial score (nSPS) is 11.7. The Hall–Kier alpha value is -2.93. The zero-order chi connectivity index (χ0) is 21.9. The summed E-state index contributed by atoms with van der Waals surface area (Å²) in [5.74, 6) is -0.521. The molecule has 7 heteroatoms. The minimum Gasteiger partial charge on any atom is -0.354 e. The lowest BCUT2D eigenvalue weighted by molar-refractivity contribution is -0.121. The van der Waals surface area contributed by atoms with Gasteiger partial charge in [0.15, 0.2) is 0 Å². The second-order valence-electron chi connectivity index (χ2n) is 7.32. The number of likely N-dealkylation sites (N-methyl/N-ethyl adjacent to an activating group) is 1. The number of hydrogen-bond donors (Lipinski definition) is 3. The summed E-state index contributed by atoms with van der Waals surface area (Å²) in [6.45, 7) is 4.21. The van der Waals surface area contributed by atoms with E-state index in [4.69, 9.17) is 0 Å². The average molecular weight is 413 g/mol. The molecule has 2 rings (SSSR count). The third-order valence-electron chi connectivity index (χ3n) is 5.02. The van der Waals surface area contributed by atoms with Gasteiger partial charge in [-0.2, -0.15) is 0 Å². The lowest BCUT2D eigenvalue weighted by Crippen LogP contribution is -2.39. The predicted molar refractivity (Wildman–Crippen MR) is 120 cm³/mol. The molecule has 0 aliphatic rings. The zero-order valence-electron chi connectivity index (χ0n) is 18.0. The molecule has 3 N–H and O–H groups in total. The van der Waals surface area contributed by atoms with Crippen molar-refractivity contribution < 1.29 is 9.59 Å². The first-order chi connectivity index (χ1) is 14.5. The molecule has 1 heterocycles. The second-order valence-corrected chi connectivity index (χ2v) is 7.32. The molecule has 0 unspecified atom stereocenters. The monoisotopic (exact) mass is 412 g/mol. The third kappa shape index (κ3) is 6.84. The van der Waals surface area contributed by atoms with Gasteiger partial charge in [0.2, 0.25) is 11.8 Å². The Morgan fingerprint density at radius 3 is 2.47 bits per heavy atom. The number of pyridine rings is 1. The molecule has 0 spiro atoms. The molecule has 1 atom stereocenters. The molecular weight excluding hydrogens is 380 g/mol. The summed E-state index contributed by atoms with van der Waals surface area (Å²) in [7, 11) is 1.68. The smallest absolute Gasteiger partial charge is 0.274 e. The van der Waals surface area contributed by atoms with Crippen LogP contribution in [0.2, 0.25) is 0 Å². The summed E-state index contributed by atoms with van der Waals surface area (Å²) in [5.41, 5.74) is 1.75. The number of aryl methyl sites for hydroxylation is 1. The van der Waals surface area contributed by atoms with Crippen LogP contribution in [-0.2, 0) is 29.0 Å². The zero-order valence-corrected chi connectivity index (χ0v) is 18.0. The quantitative estimate of drug-likeness (QED) is 0.527. The Bertz CT molecular complexity index is 893. The number of carbonyl (C=O) groups excluding carboxylic acids is 2. The number of aromatic nitrogens is 1. The first kappa shape index (κ1) is 23.3. The highest BCUT2D eigenvalue weighted by Crippen LogP contribution is 2.09. The molecule has 30 heavy (non-hydrogen) atoms. The topological polar surface area (TPSA) is 92.2 Å². The van der Waals surface area contributed by atoms with Gasteiger partial charge in [0.05, 0.1) is 6.04 Å². The molecule has 2 aromatic rings. The first-order valence-electron chi connectivity index (χ1n) is 10.5. The van der Waals surface area contributed by atoms with E-state index in [1.54, 1.807) is 20.0 Å². The van der Waals surface area contributed by atoms with Crippen LogP contribution in [0.5, 0.6) is 0 Å². The number of nitrogens with zero attached hydrogens (tertiary/aromatic N) is 1. The Morgan fingerprint density at radius 2 is 1.80 bits per heavy atom. The average Bonchev–Trinajstić information content (AvgIpc) is 2.75. The Balaban J connectivity index is 2.11. The van der Waals surface area contributed by atoms with Gasteiger partial charge in [-0.3, -0.25) is 14.4 Å². The van der Waals surface area contributed by atoms with Gasteiger partial charge in [-0.25, -0.2) is 0 Å². The van der Waals surface area contributed by atoms with Crippen LogP contribution in [0.4, 0.5) is 5.69 Å². The van der Waals surface area contributed by atoms with E-state index in [0.717, 1.165) is 30.5 Å². The number of rotatable bonds is 11. The van der Waals surface area contributed by atoms with Crippen LogP contribution in [0.1, 0.15) is 37.9 Å². The van der Waals surface area contributed by atoms with Crippen molar-refractivity contribution in [1.82, 2.24) is 15.2 Å². The molecule has 0 saturated heterocycles. The number of amides is 2. The summed E-state index contributed by atoms with van der Waals surface area (Å²) in [6, 6.07) is 12.9. The number of benzene rings is 1. The van der Waals surface area contributed by atoms with Gasteiger partial charge in [0.25, 0.3) is 5.56 Å². The predicted octanol–water partition coefficient (Wildman–Crippen LogP) is 2.10. The van der Waals surface area contributed by atoms with Crippen molar-refractivity contribution in [1.29, 1.82) is 0 Å². The first-order valence-corrected chi connectivity index (χ1v) is 10.5. The van der Waals surface area contributed by atoms with Crippen molar-refractivity contribution in [3.63, 3.8) is 0 Å². The summed E-state index contributed by atoms with van der Waals surface area (Å²) in [4.78, 5) is 37.6. The summed E-state index contributed by atoms with van der Waals surface area (Å²) < 4.78 is 1.47. The van der Waals surface area contributed by atoms with Gasteiger partial charge in [-0.15, -0.1) is 0 Å². The lowest BCUT2D eigenvalue weighted by atomic mass is 10.1. The van der Waals surface area contributed by atoms with Crippen molar-refractivity contribution in [3.8, 4) is 0 Å². The van der Waals surface area contributed by atoms with Gasteiger partial charge >= 0.3 is 0 Å². The molecule has 0 saturated carbocycles. The third-order valence-corrected chi connectivity index (χ3v) is 5.02. The van der Waals surface area contributed by atoms with Crippen LogP contribution in [-0.4, -0.2) is 36.0 Å². The van der Waals surface area contributed by atoms with E-state index in [1.165, 1.54) is 4.57 Å². The van der Waals surface area contributed by atoms with Gasteiger partial charge in [0, 0.05) is 12.2 Å². The van der Waals surface area contributed by atoms with Crippen LogP contribution in [0.15, 0.2) is 47.3 Å². The van der Waals surface area contributed by atoms with Crippen molar-refractivity contribution in [2.45, 2.75) is 52.1 Å². The molecule has 1 aromatic carbocycles. The molecule has 2 amide bonds. The van der Waals surface area contributed by atoms with Crippen molar-refractivity contribution in [2.75, 3.05) is 18.9 Å². The minimum absolute atomic E-state index is 0.0715. The lowest BCUT2D eigenvalue weighted by Gasteiger charge is -2.16. The molecule has 0 radical (unpaired) electrons. The van der Waals surface area contributed by atoms with E-state index in [2.05, 4.69) is 22.9 Å². The fraction of sp³-hybridized carbons (Fsp3) is 0.435. The maximum atomic E-state index is 13.0. The Kier molecular flexibility index (Phi) is 9.28. The van der Waals surface area contributed by atoms with E-state index >= 15 is 0 Å². The molecule has 0 fully saturated rings. The van der Waals surface area contributed by atoms with Gasteiger partial charge in [0.1, 0.15) is 12.2 Å². The standard InChI is InChI=1S/C23H32N4O3/c1-4-5-11-19-12-13-20(26-22(29)17(2)24-3)23(30)27(19)16-21(28)25-15-14-18-9-7-6-8-10-18/h6-10,12-13,17,24H,4-5,11,14-16H2,1-3H3,(H,25,28)(H,26,29)/t17-/m0/s1. The van der Waals surface area contributed by atoms with E-state index < -0.39 is 6.04 Å². The van der Waals surface area contributed by atoms with Crippen LogP contribution in [0.25, 0.3) is 0 Å². The maximum Gasteiger partial charge on any atom is 0.274 e. The highest BCUT2D eigenvalue weighted by atomic mass is 16.2. The number of hydrogen-bond acceptors (Lipinski definition) is 4. The van der Waals surface area contributed by atoms with E-state index in [1.807, 2.05) is 36.4 Å².